The number of unbranched alkanes of at least 4 members (excludes halogenated alkanes) is 14. The lowest BCUT2D eigenvalue weighted by Gasteiger charge is -2.28. The molecule has 0 amide bonds. The van der Waals surface area contributed by atoms with Crippen molar-refractivity contribution in [3.63, 3.8) is 0 Å². The molecule has 3 aliphatic carbocycles. The van der Waals surface area contributed by atoms with Gasteiger partial charge < -0.3 is 28.4 Å². The van der Waals surface area contributed by atoms with E-state index >= 15 is 0 Å². The lowest BCUT2D eigenvalue weighted by atomic mass is 9.89. The number of allylic oxidation sites excluding steroid dienone is 6. The van der Waals surface area contributed by atoms with Crippen molar-refractivity contribution >= 4 is 104 Å². The average molecular weight is 1700 g/mol. The van der Waals surface area contributed by atoms with Crippen LogP contribution in [0.1, 0.15) is 171 Å². The molecule has 0 bridgehead atoms. The van der Waals surface area contributed by atoms with Crippen molar-refractivity contribution in [1.29, 1.82) is 0 Å². The summed E-state index contributed by atoms with van der Waals surface area (Å²) in [5.74, 6) is -1.45. The van der Waals surface area contributed by atoms with Gasteiger partial charge in [-0.2, -0.15) is 0 Å². The molecule has 9 aromatic carbocycles. The number of benzene rings is 9. The van der Waals surface area contributed by atoms with Gasteiger partial charge in [-0.3, -0.25) is 28.8 Å². The van der Waals surface area contributed by atoms with E-state index in [1.807, 2.05) is 18.2 Å². The highest BCUT2D eigenvalue weighted by molar-refractivity contribution is 7.96. The molecule has 0 heterocycles. The minimum atomic E-state index is -2.00. The maximum Gasteiger partial charge on any atom is 0.228 e. The second-order valence-corrected chi connectivity index (χ2v) is 41.2. The van der Waals surface area contributed by atoms with E-state index in [1.165, 1.54) is 167 Å². The molecule has 0 unspecified atom stereocenters. The van der Waals surface area contributed by atoms with E-state index in [-0.39, 0.29) is 91.5 Å². The van der Waals surface area contributed by atoms with Crippen LogP contribution in [-0.2, 0) is 57.2 Å². The van der Waals surface area contributed by atoms with Crippen LogP contribution in [0.15, 0.2) is 341 Å². The van der Waals surface area contributed by atoms with Crippen LogP contribution in [0.2, 0.25) is 0 Å². The van der Waals surface area contributed by atoms with Crippen LogP contribution in [0.25, 0.3) is 0 Å². The molecule has 15 heteroatoms. The summed E-state index contributed by atoms with van der Waals surface area (Å²) in [6, 6.07) is 98.3. The molecule has 642 valence electrons. The first-order valence-corrected chi connectivity index (χ1v) is 48.0. The molecular weight excluding hydrogens is 1570 g/mol. The van der Waals surface area contributed by atoms with Crippen LogP contribution in [0.3, 0.4) is 0 Å². The van der Waals surface area contributed by atoms with Gasteiger partial charge in [0.05, 0.1) is 61.1 Å². The number of methoxy groups -OCH3 is 6. The van der Waals surface area contributed by atoms with Gasteiger partial charge >= 0.3 is 0 Å². The first-order valence-electron chi connectivity index (χ1n) is 42.1. The Labute approximate surface area is 730 Å². The van der Waals surface area contributed by atoms with Crippen LogP contribution in [0.5, 0.6) is 0 Å². The Kier molecular flexibility index (Phi) is 40.6. The topological polar surface area (TPSA) is 158 Å². The fourth-order valence-corrected chi connectivity index (χ4v) is 30.2. The molecule has 0 aromatic heterocycles. The van der Waals surface area contributed by atoms with Gasteiger partial charge in [0.1, 0.15) is 69.5 Å². The van der Waals surface area contributed by atoms with Crippen LogP contribution in [0, 0.1) is 0 Å². The summed E-state index contributed by atoms with van der Waals surface area (Å²) in [6.07, 6.45) is 24.5. The van der Waals surface area contributed by atoms with Crippen LogP contribution < -0.4 is 47.7 Å². The zero-order valence-electron chi connectivity index (χ0n) is 71.0. The fourth-order valence-electron chi connectivity index (χ4n) is 17.0. The van der Waals surface area contributed by atoms with Gasteiger partial charge in [-0.1, -0.05) is 250 Å². The third kappa shape index (κ3) is 23.5. The quantitative estimate of drug-likeness (QED) is 0.0203. The standard InChI is InChI=1S/C42H54O4P.C32H34O4P.C30H30O4P.3CH4/c1-34-38(40(44)42(46-3)41(45-2)39(34)43)32-24-13-11-9-7-5-4-6-8-10-12-14-25-33-47(35-26-18-15-19-27-35,36-28-20-16-21-29-36)37-30-22-17-23-31-37;1-24-28(30(34)32(36-3)31(35-2)29(24)33)22-14-7-15-23-37(25-16-8-4-9-17-25,26-18-10-5-11-19-26)27-20-12-6-13-21-27;1-22-26(28(32)30(34-3)29(33-2)27(22)31)20-13-21-35(23-14-7-4-8-15-23,24-16-9-5-10-17-24)25-18-11-6-12-19-25;;;/h15-23,26-31H,4-14,24-25,32-33H2,1-3H3;4-6,8-13,16-21H,7,14-15,22-23H2,1-3H3;4-12,14-19H,13,20-21H2,1-3H3;3*1H4/q3*+1;;;. The molecule has 0 spiro atoms. The lowest BCUT2D eigenvalue weighted by molar-refractivity contribution is -0.121. The number of rotatable bonds is 41. The highest BCUT2D eigenvalue weighted by Crippen LogP contribution is 2.59. The van der Waals surface area contributed by atoms with Gasteiger partial charge in [-0.25, -0.2) is 0 Å². The number of carbonyl (C=O) groups is 6. The number of ether oxygens (including phenoxy) is 6. The van der Waals surface area contributed by atoms with Crippen molar-refractivity contribution in [3.8, 4) is 0 Å². The van der Waals surface area contributed by atoms with E-state index in [9.17, 15) is 28.8 Å². The first-order chi connectivity index (χ1) is 58.1. The Morgan fingerprint density at radius 3 is 0.508 bits per heavy atom. The molecule has 0 saturated carbocycles. The predicted molar refractivity (Wildman–Crippen MR) is 514 cm³/mol. The van der Waals surface area contributed by atoms with Gasteiger partial charge in [0.2, 0.25) is 69.3 Å². The van der Waals surface area contributed by atoms with Crippen molar-refractivity contribution in [3.05, 3.63) is 341 Å². The lowest BCUT2D eigenvalue weighted by Crippen LogP contribution is -2.33. The zero-order chi connectivity index (χ0) is 84.4. The molecule has 0 N–H and O–H groups in total. The maximum atomic E-state index is 13.2. The van der Waals surface area contributed by atoms with E-state index in [1.54, 1.807) is 20.8 Å². The van der Waals surface area contributed by atoms with Gasteiger partial charge in [0, 0.05) is 33.4 Å². The summed E-state index contributed by atoms with van der Waals surface area (Å²) < 4.78 is 31.2. The molecule has 3 aliphatic rings. The third-order valence-corrected chi connectivity index (χ3v) is 36.9. The van der Waals surface area contributed by atoms with Crippen molar-refractivity contribution in [1.82, 2.24) is 0 Å². The molecule has 0 radical (unpaired) electrons. The number of hydrogen-bond acceptors (Lipinski definition) is 12. The molecule has 12 nitrogen and oxygen atoms in total. The molecule has 0 saturated heterocycles. The number of carbonyl (C=O) groups excluding carboxylic acids is 6. The Balaban J connectivity index is 0.000000252. The highest BCUT2D eigenvalue weighted by Gasteiger charge is 2.48. The Morgan fingerprint density at radius 2 is 0.328 bits per heavy atom. The van der Waals surface area contributed by atoms with Crippen molar-refractivity contribution in [2.45, 2.75) is 171 Å². The molecular formula is C107H130O12P3+3. The highest BCUT2D eigenvalue weighted by atomic mass is 31.2. The van der Waals surface area contributed by atoms with Crippen molar-refractivity contribution in [2.75, 3.05) is 61.1 Å². The van der Waals surface area contributed by atoms with Crippen LogP contribution >= 0.6 is 21.8 Å². The van der Waals surface area contributed by atoms with E-state index < -0.39 is 21.8 Å². The number of Topliss-reactive ketones (excluding diaryl/α,β-unsaturated/α-hetero) is 6. The molecule has 0 fully saturated rings. The normalized spacial score (nSPS) is 13.7. The summed E-state index contributed by atoms with van der Waals surface area (Å²) in [6.45, 7) is 5.13. The van der Waals surface area contributed by atoms with E-state index in [4.69, 9.17) is 28.4 Å². The molecule has 9 aromatic rings. The molecule has 12 rings (SSSR count). The van der Waals surface area contributed by atoms with Gasteiger partial charge in [0.15, 0.2) is 0 Å². The van der Waals surface area contributed by atoms with Gasteiger partial charge in [0.25, 0.3) is 0 Å². The minimum Gasteiger partial charge on any atom is -0.489 e. The van der Waals surface area contributed by atoms with Crippen LogP contribution in [0.4, 0.5) is 0 Å². The van der Waals surface area contributed by atoms with Crippen LogP contribution in [-0.4, -0.2) is 95.8 Å². The summed E-state index contributed by atoms with van der Waals surface area (Å²) in [5.41, 5.74) is 3.03. The first kappa shape index (κ1) is 98.6. The molecule has 0 aliphatic heterocycles. The Bertz CT molecular complexity index is 4730. The summed E-state index contributed by atoms with van der Waals surface area (Å²) >= 11 is 0. The fraction of sp³-hybridized carbons (Fsp3) is 0.327. The molecule has 122 heavy (non-hydrogen) atoms. The predicted octanol–water partition coefficient (Wildman–Crippen LogP) is 21.6. The average Bonchev–Trinajstić information content (AvgIpc) is 0.760. The Morgan fingerprint density at radius 1 is 0.189 bits per heavy atom. The van der Waals surface area contributed by atoms with E-state index in [0.29, 0.717) is 52.7 Å². The largest absolute Gasteiger partial charge is 0.489 e. The van der Waals surface area contributed by atoms with E-state index in [0.717, 1.165) is 50.8 Å². The summed E-state index contributed by atoms with van der Waals surface area (Å²) in [5, 5.41) is 12.5. The summed E-state index contributed by atoms with van der Waals surface area (Å²) in [7, 11) is 2.81. The van der Waals surface area contributed by atoms with Gasteiger partial charge in [-0.15, -0.1) is 0 Å². The monoisotopic (exact) mass is 1700 g/mol. The smallest absolute Gasteiger partial charge is 0.228 e. The maximum absolute atomic E-state index is 13.2. The summed E-state index contributed by atoms with van der Waals surface area (Å²) in [4.78, 5) is 77.0. The minimum absolute atomic E-state index is 0. The third-order valence-electron chi connectivity index (χ3n) is 23.3. The molecule has 0 atom stereocenters. The van der Waals surface area contributed by atoms with Crippen molar-refractivity contribution in [2.24, 2.45) is 0 Å². The van der Waals surface area contributed by atoms with E-state index in [2.05, 4.69) is 255 Å². The zero-order valence-corrected chi connectivity index (χ0v) is 73.7. The Hall–Kier alpha value is -10.5. The second kappa shape index (κ2) is 50.2. The number of hydrogen-bond donors (Lipinski definition) is 0. The second-order valence-electron chi connectivity index (χ2n) is 30.4. The van der Waals surface area contributed by atoms with Crippen molar-refractivity contribution < 1.29 is 57.2 Å². The SMILES string of the molecule is C.C.C.COC1=C(OC)C(=O)C(CCCCCCCCCCCCCCC[P+](c2ccccc2)(c2ccccc2)c2ccccc2)=C(C)C1=O.COC1=C(OC)C(=O)C(CCCCC[P+](c2ccccc2)(c2ccccc2)c2ccccc2)=C(C)C1=O.COC1=C(OC)C(=O)C(CCC[P+](c2ccccc2)(c2ccccc2)c2ccccc2)=C(C)C1=O. The number of ketones is 6. The van der Waals surface area contributed by atoms with Gasteiger partial charge in [-0.05, 0) is 194 Å².